The van der Waals surface area contributed by atoms with Crippen molar-refractivity contribution in [3.63, 3.8) is 0 Å². The average Bonchev–Trinajstić information content (AvgIpc) is 1.77. The quantitative estimate of drug-likeness (QED) is 0.426. The zero-order valence-corrected chi connectivity index (χ0v) is 10.1. The van der Waals surface area contributed by atoms with Gasteiger partial charge in [-0.2, -0.15) is 5.10 Å². The predicted octanol–water partition coefficient (Wildman–Crippen LogP) is 2.03. The molecule has 0 saturated carbocycles. The standard InChI is InChI=1S/C11H22N2O/c1-9(2)7-11(4,14)8-10(3)12-13(5)6/h7,14H,8H2,1-6H3. The summed E-state index contributed by atoms with van der Waals surface area (Å²) in [6.45, 7) is 7.68. The van der Waals surface area contributed by atoms with Crippen molar-refractivity contribution < 1.29 is 5.11 Å². The van der Waals surface area contributed by atoms with Crippen molar-refractivity contribution in [2.24, 2.45) is 5.10 Å². The van der Waals surface area contributed by atoms with Crippen LogP contribution in [0.15, 0.2) is 16.8 Å². The van der Waals surface area contributed by atoms with E-state index in [1.165, 1.54) is 0 Å². The lowest BCUT2D eigenvalue weighted by molar-refractivity contribution is 0.118. The van der Waals surface area contributed by atoms with E-state index in [9.17, 15) is 5.11 Å². The molecule has 82 valence electrons. The number of hydrazone groups is 1. The third-order valence-electron chi connectivity index (χ3n) is 1.58. The minimum Gasteiger partial charge on any atom is -0.386 e. The number of hydrogen-bond donors (Lipinski definition) is 1. The average molecular weight is 198 g/mol. The second kappa shape index (κ2) is 5.15. The summed E-state index contributed by atoms with van der Waals surface area (Å²) in [6, 6.07) is 0. The van der Waals surface area contributed by atoms with E-state index in [1.807, 2.05) is 40.9 Å². The van der Waals surface area contributed by atoms with Gasteiger partial charge in [-0.25, -0.2) is 0 Å². The SMILES string of the molecule is CC(C)=CC(C)(O)CC(C)=NN(C)C. The van der Waals surface area contributed by atoms with Crippen LogP contribution in [0.2, 0.25) is 0 Å². The maximum absolute atomic E-state index is 9.99. The highest BCUT2D eigenvalue weighted by atomic mass is 16.3. The normalized spacial score (nSPS) is 16.1. The van der Waals surface area contributed by atoms with Gasteiger partial charge in [0.1, 0.15) is 0 Å². The van der Waals surface area contributed by atoms with Gasteiger partial charge in [0.05, 0.1) is 5.60 Å². The Hall–Kier alpha value is -0.830. The second-order valence-electron chi connectivity index (χ2n) is 4.44. The molecule has 0 fully saturated rings. The summed E-state index contributed by atoms with van der Waals surface area (Å²) in [6.07, 6.45) is 2.43. The van der Waals surface area contributed by atoms with Gasteiger partial charge in [0.15, 0.2) is 0 Å². The summed E-state index contributed by atoms with van der Waals surface area (Å²) in [5, 5.41) is 16.0. The Bertz CT molecular complexity index is 236. The van der Waals surface area contributed by atoms with Crippen LogP contribution >= 0.6 is 0 Å². The van der Waals surface area contributed by atoms with E-state index in [0.29, 0.717) is 6.42 Å². The van der Waals surface area contributed by atoms with E-state index >= 15 is 0 Å². The van der Waals surface area contributed by atoms with E-state index in [-0.39, 0.29) is 0 Å². The lowest BCUT2D eigenvalue weighted by Crippen LogP contribution is -2.25. The Morgan fingerprint density at radius 3 is 2.21 bits per heavy atom. The molecule has 0 aromatic heterocycles. The molecule has 0 aliphatic heterocycles. The molecular formula is C11H22N2O. The van der Waals surface area contributed by atoms with Crippen molar-refractivity contribution >= 4 is 5.71 Å². The van der Waals surface area contributed by atoms with Gasteiger partial charge >= 0.3 is 0 Å². The van der Waals surface area contributed by atoms with Crippen molar-refractivity contribution in [1.29, 1.82) is 0 Å². The summed E-state index contributed by atoms with van der Waals surface area (Å²) in [4.78, 5) is 0. The molecule has 3 nitrogen and oxygen atoms in total. The first kappa shape index (κ1) is 13.2. The Balaban J connectivity index is 4.44. The Labute approximate surface area is 87.1 Å². The van der Waals surface area contributed by atoms with Crippen molar-refractivity contribution in [2.45, 2.75) is 39.7 Å². The third-order valence-corrected chi connectivity index (χ3v) is 1.58. The zero-order valence-electron chi connectivity index (χ0n) is 10.1. The van der Waals surface area contributed by atoms with Gasteiger partial charge < -0.3 is 10.1 Å². The van der Waals surface area contributed by atoms with E-state index in [0.717, 1.165) is 11.3 Å². The maximum atomic E-state index is 9.99. The van der Waals surface area contributed by atoms with Crippen LogP contribution < -0.4 is 0 Å². The van der Waals surface area contributed by atoms with Gasteiger partial charge in [-0.3, -0.25) is 0 Å². The number of hydrogen-bond acceptors (Lipinski definition) is 3. The first-order chi connectivity index (χ1) is 6.23. The molecule has 0 amide bonds. The molecule has 0 rings (SSSR count). The number of allylic oxidation sites excluding steroid dienone is 1. The van der Waals surface area contributed by atoms with Gasteiger partial charge in [0.25, 0.3) is 0 Å². The molecule has 0 aromatic carbocycles. The van der Waals surface area contributed by atoms with Crippen molar-refractivity contribution in [3.8, 4) is 0 Å². The fourth-order valence-corrected chi connectivity index (χ4v) is 1.57. The lowest BCUT2D eigenvalue weighted by Gasteiger charge is -2.20. The molecular weight excluding hydrogens is 176 g/mol. The summed E-state index contributed by atoms with van der Waals surface area (Å²) >= 11 is 0. The van der Waals surface area contributed by atoms with E-state index in [1.54, 1.807) is 11.9 Å². The maximum Gasteiger partial charge on any atom is 0.0854 e. The van der Waals surface area contributed by atoms with Crippen LogP contribution in [0.25, 0.3) is 0 Å². The Kier molecular flexibility index (Phi) is 4.85. The Morgan fingerprint density at radius 1 is 1.36 bits per heavy atom. The fourth-order valence-electron chi connectivity index (χ4n) is 1.57. The molecule has 1 atom stereocenters. The van der Waals surface area contributed by atoms with Gasteiger partial charge in [-0.15, -0.1) is 0 Å². The first-order valence-electron chi connectivity index (χ1n) is 4.83. The summed E-state index contributed by atoms with van der Waals surface area (Å²) in [5.74, 6) is 0. The minimum atomic E-state index is -0.789. The molecule has 14 heavy (non-hydrogen) atoms. The molecule has 0 bridgehead atoms. The molecule has 3 heteroatoms. The Morgan fingerprint density at radius 2 is 1.86 bits per heavy atom. The number of rotatable bonds is 4. The fraction of sp³-hybridized carbons (Fsp3) is 0.727. The van der Waals surface area contributed by atoms with E-state index in [4.69, 9.17) is 0 Å². The molecule has 0 saturated heterocycles. The molecule has 0 aromatic rings. The minimum absolute atomic E-state index is 0.566. The highest BCUT2D eigenvalue weighted by Crippen LogP contribution is 2.14. The third kappa shape index (κ3) is 6.66. The first-order valence-corrected chi connectivity index (χ1v) is 4.83. The summed E-state index contributed by atoms with van der Waals surface area (Å²) in [5.41, 5.74) is 1.26. The van der Waals surface area contributed by atoms with Crippen molar-refractivity contribution in [2.75, 3.05) is 14.1 Å². The lowest BCUT2D eigenvalue weighted by atomic mass is 9.97. The van der Waals surface area contributed by atoms with Crippen LogP contribution in [-0.2, 0) is 0 Å². The number of aliphatic hydroxyl groups is 1. The van der Waals surface area contributed by atoms with Crippen molar-refractivity contribution in [1.82, 2.24) is 5.01 Å². The largest absolute Gasteiger partial charge is 0.386 e. The topological polar surface area (TPSA) is 35.8 Å². The van der Waals surface area contributed by atoms with Gasteiger partial charge in [-0.05, 0) is 27.7 Å². The molecule has 1 N–H and O–H groups in total. The highest BCUT2D eigenvalue weighted by Gasteiger charge is 2.18. The van der Waals surface area contributed by atoms with Crippen LogP contribution in [-0.4, -0.2) is 35.5 Å². The molecule has 0 spiro atoms. The second-order valence-corrected chi connectivity index (χ2v) is 4.44. The monoisotopic (exact) mass is 198 g/mol. The molecule has 0 radical (unpaired) electrons. The van der Waals surface area contributed by atoms with Crippen molar-refractivity contribution in [3.05, 3.63) is 11.6 Å². The van der Waals surface area contributed by atoms with Gasteiger partial charge in [-0.1, -0.05) is 11.6 Å². The van der Waals surface area contributed by atoms with E-state index < -0.39 is 5.60 Å². The molecule has 0 heterocycles. The predicted molar refractivity (Wildman–Crippen MR) is 61.5 cm³/mol. The van der Waals surface area contributed by atoms with Crippen LogP contribution in [0.4, 0.5) is 0 Å². The smallest absolute Gasteiger partial charge is 0.0854 e. The highest BCUT2D eigenvalue weighted by molar-refractivity contribution is 5.82. The number of nitrogens with zero attached hydrogens (tertiary/aromatic N) is 2. The zero-order chi connectivity index (χ0) is 11.4. The van der Waals surface area contributed by atoms with Crippen LogP contribution in [0.5, 0.6) is 0 Å². The van der Waals surface area contributed by atoms with Crippen LogP contribution in [0.1, 0.15) is 34.1 Å². The van der Waals surface area contributed by atoms with Gasteiger partial charge in [0, 0.05) is 26.2 Å². The molecule has 1 unspecified atom stereocenters. The van der Waals surface area contributed by atoms with Gasteiger partial charge in [0.2, 0.25) is 0 Å². The molecule has 0 aliphatic carbocycles. The summed E-state index contributed by atoms with van der Waals surface area (Å²) < 4.78 is 0. The summed E-state index contributed by atoms with van der Waals surface area (Å²) in [7, 11) is 3.75. The van der Waals surface area contributed by atoms with Crippen LogP contribution in [0, 0.1) is 0 Å². The van der Waals surface area contributed by atoms with Crippen LogP contribution in [0.3, 0.4) is 0 Å². The molecule has 0 aliphatic rings. The van der Waals surface area contributed by atoms with E-state index in [2.05, 4.69) is 5.10 Å².